The van der Waals surface area contributed by atoms with E-state index in [-0.39, 0.29) is 5.24 Å². The first-order valence-electron chi connectivity index (χ1n) is 6.63. The Bertz CT molecular complexity index is 488. The smallest absolute Gasteiger partial charge is 0.281 e. The van der Waals surface area contributed by atoms with Gasteiger partial charge in [-0.15, -0.1) is 0 Å². The third-order valence-electron chi connectivity index (χ3n) is 3.30. The van der Waals surface area contributed by atoms with Gasteiger partial charge in [-0.3, -0.25) is 4.79 Å². The molecule has 0 aliphatic carbocycles. The van der Waals surface area contributed by atoms with Crippen molar-refractivity contribution in [2.24, 2.45) is 0 Å². The van der Waals surface area contributed by atoms with Crippen molar-refractivity contribution in [2.75, 3.05) is 13.1 Å². The second-order valence-electron chi connectivity index (χ2n) is 4.81. The lowest BCUT2D eigenvalue weighted by Crippen LogP contribution is -2.28. The SMILES string of the molecule is O=C(SCc1cc(Cl)c(Cl)cc1Cl)N1CCCCCC1. The Kier molecular flexibility index (Phi) is 6.34. The molecule has 1 aromatic rings. The summed E-state index contributed by atoms with van der Waals surface area (Å²) in [6.07, 6.45) is 4.62. The van der Waals surface area contributed by atoms with Gasteiger partial charge < -0.3 is 4.90 Å². The van der Waals surface area contributed by atoms with E-state index < -0.39 is 0 Å². The molecule has 1 saturated heterocycles. The number of rotatable bonds is 2. The molecular weight excluding hydrogens is 337 g/mol. The predicted molar refractivity (Wildman–Crippen MR) is 88.2 cm³/mol. The molecule has 0 atom stereocenters. The molecule has 0 bridgehead atoms. The Labute approximate surface area is 138 Å². The van der Waals surface area contributed by atoms with Crippen LogP contribution in [0.15, 0.2) is 12.1 Å². The largest absolute Gasteiger partial charge is 0.334 e. The molecule has 0 unspecified atom stereocenters. The molecule has 2 rings (SSSR count). The molecule has 6 heteroatoms. The number of nitrogens with zero attached hydrogens (tertiary/aromatic N) is 1. The predicted octanol–water partition coefficient (Wildman–Crippen LogP) is 5.88. The van der Waals surface area contributed by atoms with Crippen LogP contribution in [-0.4, -0.2) is 23.2 Å². The summed E-state index contributed by atoms with van der Waals surface area (Å²) < 4.78 is 0. The van der Waals surface area contributed by atoms with Gasteiger partial charge in [-0.05, 0) is 30.5 Å². The summed E-state index contributed by atoms with van der Waals surface area (Å²) in [4.78, 5) is 14.1. The third-order valence-corrected chi connectivity index (χ3v) is 5.34. The Morgan fingerprint density at radius 1 is 1.00 bits per heavy atom. The van der Waals surface area contributed by atoms with Crippen molar-refractivity contribution >= 4 is 51.8 Å². The van der Waals surface area contributed by atoms with Crippen molar-refractivity contribution in [1.82, 2.24) is 4.90 Å². The Morgan fingerprint density at radius 2 is 1.60 bits per heavy atom. The van der Waals surface area contributed by atoms with E-state index >= 15 is 0 Å². The van der Waals surface area contributed by atoms with Gasteiger partial charge in [0, 0.05) is 23.9 Å². The highest BCUT2D eigenvalue weighted by molar-refractivity contribution is 8.12. The van der Waals surface area contributed by atoms with Crippen LogP contribution >= 0.6 is 46.6 Å². The average molecular weight is 353 g/mol. The summed E-state index contributed by atoms with van der Waals surface area (Å²) in [6.45, 7) is 1.72. The quantitative estimate of drug-likeness (QED) is 0.620. The van der Waals surface area contributed by atoms with Gasteiger partial charge in [-0.1, -0.05) is 59.4 Å². The number of hydrogen-bond acceptors (Lipinski definition) is 2. The summed E-state index contributed by atoms with van der Waals surface area (Å²) in [5, 5.41) is 1.57. The molecule has 110 valence electrons. The van der Waals surface area contributed by atoms with Crippen LogP contribution in [0.5, 0.6) is 0 Å². The lowest BCUT2D eigenvalue weighted by atomic mass is 10.2. The number of likely N-dealkylation sites (tertiary alicyclic amines) is 1. The van der Waals surface area contributed by atoms with Crippen molar-refractivity contribution in [3.8, 4) is 0 Å². The zero-order chi connectivity index (χ0) is 14.5. The zero-order valence-corrected chi connectivity index (χ0v) is 14.1. The van der Waals surface area contributed by atoms with Gasteiger partial charge in [0.2, 0.25) is 0 Å². The van der Waals surface area contributed by atoms with Crippen LogP contribution in [0.1, 0.15) is 31.2 Å². The minimum atomic E-state index is 0.119. The number of hydrogen-bond donors (Lipinski definition) is 0. The standard InChI is InChI=1S/C14H16Cl3NOS/c15-11-8-13(17)12(16)7-10(11)9-20-14(19)18-5-3-1-2-4-6-18/h7-8H,1-6,9H2. The van der Waals surface area contributed by atoms with Gasteiger partial charge >= 0.3 is 0 Å². The minimum Gasteiger partial charge on any atom is -0.334 e. The number of halogens is 3. The highest BCUT2D eigenvalue weighted by Gasteiger charge is 2.16. The minimum absolute atomic E-state index is 0.119. The Morgan fingerprint density at radius 3 is 2.25 bits per heavy atom. The Balaban J connectivity index is 1.94. The Hall–Kier alpha value is -0.0900. The van der Waals surface area contributed by atoms with Crippen LogP contribution in [0, 0.1) is 0 Å². The highest BCUT2D eigenvalue weighted by atomic mass is 35.5. The molecule has 0 spiro atoms. The third kappa shape index (κ3) is 4.45. The maximum absolute atomic E-state index is 12.2. The molecule has 0 aromatic heterocycles. The normalized spacial score (nSPS) is 16.1. The summed E-state index contributed by atoms with van der Waals surface area (Å²) in [6, 6.07) is 3.35. The molecular formula is C14H16Cl3NOS. The van der Waals surface area contributed by atoms with E-state index in [9.17, 15) is 4.79 Å². The number of carbonyl (C=O) groups excluding carboxylic acids is 1. The van der Waals surface area contributed by atoms with E-state index in [0.29, 0.717) is 20.8 Å². The van der Waals surface area contributed by atoms with Crippen molar-refractivity contribution < 1.29 is 4.79 Å². The fourth-order valence-electron chi connectivity index (χ4n) is 2.16. The molecule has 0 radical (unpaired) electrons. The fourth-order valence-corrected chi connectivity index (χ4v) is 3.76. The van der Waals surface area contributed by atoms with Gasteiger partial charge in [-0.2, -0.15) is 0 Å². The second kappa shape index (κ2) is 7.79. The second-order valence-corrected chi connectivity index (χ2v) is 6.96. The lowest BCUT2D eigenvalue weighted by molar-refractivity contribution is 0.225. The topological polar surface area (TPSA) is 20.3 Å². The van der Waals surface area contributed by atoms with E-state index in [0.717, 1.165) is 31.5 Å². The van der Waals surface area contributed by atoms with Gasteiger partial charge in [0.15, 0.2) is 0 Å². The van der Waals surface area contributed by atoms with Crippen LogP contribution in [0.2, 0.25) is 15.1 Å². The van der Waals surface area contributed by atoms with Crippen molar-refractivity contribution in [1.29, 1.82) is 0 Å². The highest BCUT2D eigenvalue weighted by Crippen LogP contribution is 2.31. The van der Waals surface area contributed by atoms with Crippen molar-refractivity contribution in [3.05, 3.63) is 32.8 Å². The van der Waals surface area contributed by atoms with Crippen LogP contribution < -0.4 is 0 Å². The molecule has 2 nitrogen and oxygen atoms in total. The molecule has 0 N–H and O–H groups in total. The maximum Gasteiger partial charge on any atom is 0.281 e. The van der Waals surface area contributed by atoms with Gasteiger partial charge in [0.05, 0.1) is 10.0 Å². The van der Waals surface area contributed by atoms with Crippen molar-refractivity contribution in [3.63, 3.8) is 0 Å². The van der Waals surface area contributed by atoms with Gasteiger partial charge in [-0.25, -0.2) is 0 Å². The molecule has 1 aromatic carbocycles. The fraction of sp³-hybridized carbons (Fsp3) is 0.500. The first kappa shape index (κ1) is 16.3. The molecule has 20 heavy (non-hydrogen) atoms. The molecule has 1 aliphatic rings. The van der Waals surface area contributed by atoms with Crippen LogP contribution in [0.3, 0.4) is 0 Å². The van der Waals surface area contributed by atoms with E-state index in [1.807, 2.05) is 4.90 Å². The molecule has 1 aliphatic heterocycles. The number of amides is 1. The van der Waals surface area contributed by atoms with Crippen LogP contribution in [0.25, 0.3) is 0 Å². The number of benzene rings is 1. The summed E-state index contributed by atoms with van der Waals surface area (Å²) >= 11 is 19.3. The monoisotopic (exact) mass is 351 g/mol. The van der Waals surface area contributed by atoms with Crippen LogP contribution in [0.4, 0.5) is 4.79 Å². The summed E-state index contributed by atoms with van der Waals surface area (Å²) in [7, 11) is 0. The van der Waals surface area contributed by atoms with Crippen LogP contribution in [-0.2, 0) is 5.75 Å². The first-order chi connectivity index (χ1) is 9.58. The lowest BCUT2D eigenvalue weighted by Gasteiger charge is -2.19. The van der Waals surface area contributed by atoms with E-state index in [1.54, 1.807) is 12.1 Å². The molecule has 0 saturated carbocycles. The van der Waals surface area contributed by atoms with Crippen molar-refractivity contribution in [2.45, 2.75) is 31.4 Å². The molecule has 1 amide bonds. The first-order valence-corrected chi connectivity index (χ1v) is 8.75. The molecule has 1 fully saturated rings. The van der Waals surface area contributed by atoms with E-state index in [1.165, 1.54) is 24.6 Å². The van der Waals surface area contributed by atoms with Gasteiger partial charge in [0.1, 0.15) is 0 Å². The maximum atomic E-state index is 12.2. The number of thioether (sulfide) groups is 1. The molecule has 1 heterocycles. The number of carbonyl (C=O) groups is 1. The zero-order valence-electron chi connectivity index (χ0n) is 11.0. The average Bonchev–Trinajstić information content (AvgIpc) is 2.70. The van der Waals surface area contributed by atoms with E-state index in [2.05, 4.69) is 0 Å². The summed E-state index contributed by atoms with van der Waals surface area (Å²) in [5.74, 6) is 0.519. The summed E-state index contributed by atoms with van der Waals surface area (Å²) in [5.41, 5.74) is 0.842. The van der Waals surface area contributed by atoms with Gasteiger partial charge in [0.25, 0.3) is 5.24 Å². The van der Waals surface area contributed by atoms with E-state index in [4.69, 9.17) is 34.8 Å².